The van der Waals surface area contributed by atoms with Crippen molar-refractivity contribution >= 4 is 22.5 Å². The third-order valence-electron chi connectivity index (χ3n) is 4.74. The molecule has 1 aromatic heterocycles. The molecule has 1 N–H and O–H groups in total. The number of para-hydroxylation sites is 1. The van der Waals surface area contributed by atoms with E-state index in [0.717, 1.165) is 40.9 Å². The molecular formula is C23H28N2O2. The molecule has 4 heteroatoms. The Hall–Kier alpha value is -2.75. The minimum Gasteiger partial charge on any atom is -0.494 e. The molecule has 0 saturated heterocycles. The molecule has 0 unspecified atom stereocenters. The van der Waals surface area contributed by atoms with Crippen molar-refractivity contribution < 1.29 is 9.53 Å². The van der Waals surface area contributed by atoms with Gasteiger partial charge in [-0.25, -0.2) is 0 Å². The predicted octanol–water partition coefficient (Wildman–Crippen LogP) is 5.32. The highest BCUT2D eigenvalue weighted by atomic mass is 16.5. The van der Waals surface area contributed by atoms with Crippen LogP contribution in [0.25, 0.3) is 10.9 Å². The van der Waals surface area contributed by atoms with Crippen LogP contribution in [0.15, 0.2) is 54.7 Å². The van der Waals surface area contributed by atoms with Crippen LogP contribution in [0.3, 0.4) is 0 Å². The number of nitrogens with one attached hydrogen (secondary N) is 1. The second-order valence-corrected chi connectivity index (χ2v) is 6.94. The first-order valence-electron chi connectivity index (χ1n) is 9.73. The second-order valence-electron chi connectivity index (χ2n) is 6.94. The molecule has 0 aliphatic carbocycles. The highest BCUT2D eigenvalue weighted by molar-refractivity contribution is 5.96. The summed E-state index contributed by atoms with van der Waals surface area (Å²) in [6, 6.07) is 15.7. The van der Waals surface area contributed by atoms with Gasteiger partial charge in [-0.15, -0.1) is 0 Å². The van der Waals surface area contributed by atoms with E-state index in [0.29, 0.717) is 6.42 Å². The maximum atomic E-state index is 12.4. The van der Waals surface area contributed by atoms with Crippen molar-refractivity contribution in [2.24, 2.45) is 7.05 Å². The fourth-order valence-electron chi connectivity index (χ4n) is 3.30. The minimum absolute atomic E-state index is 0.0143. The van der Waals surface area contributed by atoms with E-state index in [1.165, 1.54) is 19.3 Å². The van der Waals surface area contributed by atoms with Crippen LogP contribution in [0.1, 0.15) is 38.2 Å². The van der Waals surface area contributed by atoms with Crippen LogP contribution in [0.5, 0.6) is 5.75 Å². The Morgan fingerprint density at radius 3 is 2.59 bits per heavy atom. The number of carbonyl (C=O) groups excluding carboxylic acids is 1. The number of carbonyl (C=O) groups is 1. The molecule has 4 nitrogen and oxygen atoms in total. The number of benzene rings is 2. The standard InChI is InChI=1S/C23H28N2O2/c1-3-4-5-8-15-27-20-13-11-19(12-14-20)24-23(26)16-18-17-25(2)22-10-7-6-9-21(18)22/h6-7,9-14,17H,3-5,8,15-16H2,1-2H3,(H,24,26). The van der Waals surface area contributed by atoms with Crippen LogP contribution in [0.2, 0.25) is 0 Å². The van der Waals surface area contributed by atoms with Gasteiger partial charge in [-0.1, -0.05) is 44.4 Å². The maximum absolute atomic E-state index is 12.4. The summed E-state index contributed by atoms with van der Waals surface area (Å²) in [6.45, 7) is 2.95. The first-order chi connectivity index (χ1) is 13.2. The zero-order chi connectivity index (χ0) is 19.1. The lowest BCUT2D eigenvalue weighted by molar-refractivity contribution is -0.115. The van der Waals surface area contributed by atoms with Gasteiger partial charge in [0.1, 0.15) is 5.75 Å². The van der Waals surface area contributed by atoms with Crippen LogP contribution in [0, 0.1) is 0 Å². The number of aryl methyl sites for hydroxylation is 1. The number of hydrogen-bond donors (Lipinski definition) is 1. The van der Waals surface area contributed by atoms with E-state index in [1.54, 1.807) is 0 Å². The number of anilines is 1. The number of hydrogen-bond acceptors (Lipinski definition) is 2. The molecule has 0 aliphatic rings. The Morgan fingerprint density at radius 1 is 1.04 bits per heavy atom. The Kier molecular flexibility index (Phi) is 6.53. The second kappa shape index (κ2) is 9.26. The molecule has 0 fully saturated rings. The Bertz CT molecular complexity index is 881. The van der Waals surface area contributed by atoms with Crippen LogP contribution in [0.4, 0.5) is 5.69 Å². The molecule has 0 saturated carbocycles. The van der Waals surface area contributed by atoms with Gasteiger partial charge in [-0.2, -0.15) is 0 Å². The van der Waals surface area contributed by atoms with Crippen LogP contribution >= 0.6 is 0 Å². The minimum atomic E-state index is -0.0143. The summed E-state index contributed by atoms with van der Waals surface area (Å²) in [6.07, 6.45) is 7.16. The van der Waals surface area contributed by atoms with Crippen molar-refractivity contribution in [3.05, 3.63) is 60.3 Å². The summed E-state index contributed by atoms with van der Waals surface area (Å²) < 4.78 is 7.80. The average molecular weight is 364 g/mol. The summed E-state index contributed by atoms with van der Waals surface area (Å²) in [5, 5.41) is 4.10. The van der Waals surface area contributed by atoms with E-state index in [4.69, 9.17) is 4.74 Å². The number of fused-ring (bicyclic) bond motifs is 1. The number of unbranched alkanes of at least 4 members (excludes halogenated alkanes) is 3. The van der Waals surface area contributed by atoms with Crippen molar-refractivity contribution in [1.29, 1.82) is 0 Å². The van der Waals surface area contributed by atoms with E-state index in [2.05, 4.69) is 28.9 Å². The SMILES string of the molecule is CCCCCCOc1ccc(NC(=O)Cc2cn(C)c3ccccc23)cc1. The highest BCUT2D eigenvalue weighted by Crippen LogP contribution is 2.21. The van der Waals surface area contributed by atoms with Gasteiger partial charge in [0, 0.05) is 29.8 Å². The third kappa shape index (κ3) is 5.13. The molecule has 3 aromatic rings. The smallest absolute Gasteiger partial charge is 0.228 e. The zero-order valence-electron chi connectivity index (χ0n) is 16.2. The van der Waals surface area contributed by atoms with E-state index < -0.39 is 0 Å². The predicted molar refractivity (Wildman–Crippen MR) is 111 cm³/mol. The van der Waals surface area contributed by atoms with Gasteiger partial charge in [0.25, 0.3) is 0 Å². The van der Waals surface area contributed by atoms with Crippen molar-refractivity contribution in [3.8, 4) is 5.75 Å². The fourth-order valence-corrected chi connectivity index (χ4v) is 3.30. The van der Waals surface area contributed by atoms with Crippen molar-refractivity contribution in [3.63, 3.8) is 0 Å². The number of ether oxygens (including phenoxy) is 1. The highest BCUT2D eigenvalue weighted by Gasteiger charge is 2.10. The Morgan fingerprint density at radius 2 is 1.81 bits per heavy atom. The molecular weight excluding hydrogens is 336 g/mol. The van der Waals surface area contributed by atoms with Crippen LogP contribution in [-0.2, 0) is 18.3 Å². The summed E-state index contributed by atoms with van der Waals surface area (Å²) in [4.78, 5) is 12.4. The number of nitrogens with zero attached hydrogens (tertiary/aromatic N) is 1. The fraction of sp³-hybridized carbons (Fsp3) is 0.348. The van der Waals surface area contributed by atoms with E-state index in [1.807, 2.05) is 49.6 Å². The molecule has 0 spiro atoms. The lowest BCUT2D eigenvalue weighted by atomic mass is 10.1. The quantitative estimate of drug-likeness (QED) is 0.522. The Balaban J connectivity index is 1.53. The maximum Gasteiger partial charge on any atom is 0.228 e. The molecule has 3 rings (SSSR count). The van der Waals surface area contributed by atoms with E-state index >= 15 is 0 Å². The molecule has 0 atom stereocenters. The van der Waals surface area contributed by atoms with Crippen LogP contribution < -0.4 is 10.1 Å². The summed E-state index contributed by atoms with van der Waals surface area (Å²) in [7, 11) is 2.00. The monoisotopic (exact) mass is 364 g/mol. The van der Waals surface area contributed by atoms with Crippen molar-refractivity contribution in [2.75, 3.05) is 11.9 Å². The average Bonchev–Trinajstić information content (AvgIpc) is 2.99. The molecule has 2 aromatic carbocycles. The van der Waals surface area contributed by atoms with Gasteiger partial charge in [0.15, 0.2) is 0 Å². The molecule has 142 valence electrons. The van der Waals surface area contributed by atoms with Crippen LogP contribution in [-0.4, -0.2) is 17.1 Å². The molecule has 0 aliphatic heterocycles. The van der Waals surface area contributed by atoms with Gasteiger partial charge in [0.2, 0.25) is 5.91 Å². The van der Waals surface area contributed by atoms with Crippen molar-refractivity contribution in [1.82, 2.24) is 4.57 Å². The molecule has 27 heavy (non-hydrogen) atoms. The largest absolute Gasteiger partial charge is 0.494 e. The number of rotatable bonds is 9. The third-order valence-corrected chi connectivity index (χ3v) is 4.74. The van der Waals surface area contributed by atoms with Gasteiger partial charge < -0.3 is 14.6 Å². The van der Waals surface area contributed by atoms with Gasteiger partial charge in [-0.3, -0.25) is 4.79 Å². The molecule has 0 bridgehead atoms. The normalized spacial score (nSPS) is 10.9. The first kappa shape index (κ1) is 19.0. The van der Waals surface area contributed by atoms with E-state index in [9.17, 15) is 4.79 Å². The first-order valence-corrected chi connectivity index (χ1v) is 9.73. The lowest BCUT2D eigenvalue weighted by Gasteiger charge is -2.08. The topological polar surface area (TPSA) is 43.3 Å². The van der Waals surface area contributed by atoms with Crippen molar-refractivity contribution in [2.45, 2.75) is 39.0 Å². The molecule has 0 radical (unpaired) electrons. The Labute approximate surface area is 161 Å². The van der Waals surface area contributed by atoms with Gasteiger partial charge in [0.05, 0.1) is 13.0 Å². The van der Waals surface area contributed by atoms with E-state index in [-0.39, 0.29) is 5.91 Å². The summed E-state index contributed by atoms with van der Waals surface area (Å²) in [5.41, 5.74) is 2.97. The number of aromatic nitrogens is 1. The lowest BCUT2D eigenvalue weighted by Crippen LogP contribution is -2.14. The number of amides is 1. The summed E-state index contributed by atoms with van der Waals surface area (Å²) in [5.74, 6) is 0.832. The molecule has 1 amide bonds. The summed E-state index contributed by atoms with van der Waals surface area (Å²) >= 11 is 0. The zero-order valence-corrected chi connectivity index (χ0v) is 16.2. The van der Waals surface area contributed by atoms with Gasteiger partial charge in [-0.05, 0) is 42.3 Å². The molecule has 1 heterocycles. The van der Waals surface area contributed by atoms with Gasteiger partial charge >= 0.3 is 0 Å².